The van der Waals surface area contributed by atoms with Gasteiger partial charge in [-0.3, -0.25) is 0 Å². The van der Waals surface area contributed by atoms with E-state index in [4.69, 9.17) is 4.74 Å². The molecule has 0 N–H and O–H groups in total. The SMILES string of the molecule is CC#CC(C)OC(=O)c1ccc(F)c(F)c1F. The maximum Gasteiger partial charge on any atom is 0.342 e. The number of esters is 1. The monoisotopic (exact) mass is 242 g/mol. The number of carbonyl (C=O) groups excluding carboxylic acids is 1. The molecule has 0 aliphatic rings. The molecule has 1 rings (SSSR count). The van der Waals surface area contributed by atoms with E-state index in [2.05, 4.69) is 11.8 Å². The summed E-state index contributed by atoms with van der Waals surface area (Å²) in [6.07, 6.45) is -0.750. The summed E-state index contributed by atoms with van der Waals surface area (Å²) in [5.74, 6) is -0.698. The second kappa shape index (κ2) is 5.39. The molecule has 5 heteroatoms. The molecule has 0 aliphatic carbocycles. The number of hydrogen-bond acceptors (Lipinski definition) is 2. The van der Waals surface area contributed by atoms with Gasteiger partial charge >= 0.3 is 5.97 Å². The number of rotatable bonds is 2. The van der Waals surface area contributed by atoms with E-state index in [9.17, 15) is 18.0 Å². The van der Waals surface area contributed by atoms with Gasteiger partial charge in [0.25, 0.3) is 0 Å². The van der Waals surface area contributed by atoms with Gasteiger partial charge < -0.3 is 4.74 Å². The Bertz CT molecular complexity index is 500. The van der Waals surface area contributed by atoms with Crippen LogP contribution in [-0.4, -0.2) is 12.1 Å². The normalized spacial score (nSPS) is 11.4. The highest BCUT2D eigenvalue weighted by molar-refractivity contribution is 5.90. The van der Waals surface area contributed by atoms with Crippen LogP contribution >= 0.6 is 0 Å². The highest BCUT2D eigenvalue weighted by Crippen LogP contribution is 2.16. The summed E-state index contributed by atoms with van der Waals surface area (Å²) < 4.78 is 43.4. The van der Waals surface area contributed by atoms with Crippen LogP contribution in [0.5, 0.6) is 0 Å². The van der Waals surface area contributed by atoms with Gasteiger partial charge in [0.2, 0.25) is 0 Å². The van der Waals surface area contributed by atoms with Crippen molar-refractivity contribution in [2.45, 2.75) is 20.0 Å². The molecule has 1 unspecified atom stereocenters. The van der Waals surface area contributed by atoms with Gasteiger partial charge in [-0.15, -0.1) is 5.92 Å². The molecule has 90 valence electrons. The van der Waals surface area contributed by atoms with E-state index >= 15 is 0 Å². The predicted molar refractivity (Wildman–Crippen MR) is 54.6 cm³/mol. The van der Waals surface area contributed by atoms with Crippen LogP contribution in [-0.2, 0) is 4.74 Å². The molecule has 0 radical (unpaired) electrons. The fraction of sp³-hybridized carbons (Fsp3) is 0.250. The molecule has 0 amide bonds. The Morgan fingerprint density at radius 3 is 2.53 bits per heavy atom. The third-order valence-corrected chi connectivity index (χ3v) is 1.89. The van der Waals surface area contributed by atoms with Gasteiger partial charge in [0.15, 0.2) is 23.6 Å². The topological polar surface area (TPSA) is 26.3 Å². The summed E-state index contributed by atoms with van der Waals surface area (Å²) in [6.45, 7) is 3.02. The lowest BCUT2D eigenvalue weighted by atomic mass is 10.2. The van der Waals surface area contributed by atoms with Crippen molar-refractivity contribution < 1.29 is 22.7 Å². The van der Waals surface area contributed by atoms with E-state index in [0.717, 1.165) is 6.07 Å². The van der Waals surface area contributed by atoms with Crippen molar-refractivity contribution in [2.75, 3.05) is 0 Å². The lowest BCUT2D eigenvalue weighted by Crippen LogP contribution is -2.15. The van der Waals surface area contributed by atoms with Gasteiger partial charge in [0.05, 0.1) is 5.56 Å². The molecular formula is C12H9F3O2. The first-order chi connectivity index (χ1) is 7.97. The highest BCUT2D eigenvalue weighted by Gasteiger charge is 2.20. The maximum absolute atomic E-state index is 13.2. The van der Waals surface area contributed by atoms with E-state index in [-0.39, 0.29) is 0 Å². The number of benzene rings is 1. The Balaban J connectivity index is 2.96. The molecule has 0 heterocycles. The standard InChI is InChI=1S/C12H9F3O2/c1-3-4-7(2)17-12(16)8-5-6-9(13)11(15)10(8)14/h5-7H,1-2H3. The molecule has 0 saturated carbocycles. The summed E-state index contributed by atoms with van der Waals surface area (Å²) >= 11 is 0. The van der Waals surface area contributed by atoms with Crippen molar-refractivity contribution in [1.82, 2.24) is 0 Å². The molecule has 0 spiro atoms. The summed E-state index contributed by atoms with van der Waals surface area (Å²) in [6, 6.07) is 1.48. The first kappa shape index (κ1) is 13.1. The molecule has 0 bridgehead atoms. The van der Waals surface area contributed by atoms with Gasteiger partial charge in [-0.05, 0) is 26.0 Å². The Kier molecular flexibility index (Phi) is 4.16. The van der Waals surface area contributed by atoms with Crippen molar-refractivity contribution in [3.05, 3.63) is 35.1 Å². The lowest BCUT2D eigenvalue weighted by molar-refractivity contribution is 0.0432. The van der Waals surface area contributed by atoms with E-state index in [1.165, 1.54) is 6.92 Å². The molecule has 0 fully saturated rings. The first-order valence-corrected chi connectivity index (χ1v) is 4.74. The molecule has 0 aromatic heterocycles. The van der Waals surface area contributed by atoms with Gasteiger partial charge in [0.1, 0.15) is 0 Å². The third-order valence-electron chi connectivity index (χ3n) is 1.89. The second-order valence-electron chi connectivity index (χ2n) is 3.16. The van der Waals surface area contributed by atoms with Crippen molar-refractivity contribution in [2.24, 2.45) is 0 Å². The van der Waals surface area contributed by atoms with Crippen LogP contribution in [0.25, 0.3) is 0 Å². The molecule has 1 aromatic rings. The maximum atomic E-state index is 13.2. The molecular weight excluding hydrogens is 233 g/mol. The van der Waals surface area contributed by atoms with Crippen molar-refractivity contribution in [3.8, 4) is 11.8 Å². The van der Waals surface area contributed by atoms with E-state index < -0.39 is 35.1 Å². The summed E-state index contributed by atoms with van der Waals surface area (Å²) in [5.41, 5.74) is -0.659. The van der Waals surface area contributed by atoms with Crippen LogP contribution in [0.2, 0.25) is 0 Å². The number of carbonyl (C=O) groups is 1. The van der Waals surface area contributed by atoms with Crippen molar-refractivity contribution in [1.29, 1.82) is 0 Å². The zero-order chi connectivity index (χ0) is 13.0. The van der Waals surface area contributed by atoms with Gasteiger partial charge in [-0.1, -0.05) is 5.92 Å². The fourth-order valence-electron chi connectivity index (χ4n) is 1.14. The van der Waals surface area contributed by atoms with E-state index in [0.29, 0.717) is 6.07 Å². The Morgan fingerprint density at radius 1 is 1.29 bits per heavy atom. The molecule has 1 atom stereocenters. The average Bonchev–Trinajstić information content (AvgIpc) is 2.26. The second-order valence-corrected chi connectivity index (χ2v) is 3.16. The summed E-state index contributed by atoms with van der Waals surface area (Å²) in [4.78, 5) is 11.4. The van der Waals surface area contributed by atoms with Crippen molar-refractivity contribution in [3.63, 3.8) is 0 Å². The van der Waals surface area contributed by atoms with E-state index in [1.54, 1.807) is 6.92 Å². The fourth-order valence-corrected chi connectivity index (χ4v) is 1.14. The number of halogens is 3. The minimum atomic E-state index is -1.70. The molecule has 17 heavy (non-hydrogen) atoms. The van der Waals surface area contributed by atoms with Crippen LogP contribution in [0.3, 0.4) is 0 Å². The van der Waals surface area contributed by atoms with Gasteiger partial charge in [-0.25, -0.2) is 18.0 Å². The Labute approximate surface area is 96.4 Å². The minimum absolute atomic E-state index is 0.658. The van der Waals surface area contributed by atoms with Crippen LogP contribution in [0, 0.1) is 29.3 Å². The number of ether oxygens (including phenoxy) is 1. The van der Waals surface area contributed by atoms with E-state index in [1.807, 2.05) is 0 Å². The molecule has 0 saturated heterocycles. The Morgan fingerprint density at radius 2 is 1.94 bits per heavy atom. The first-order valence-electron chi connectivity index (χ1n) is 4.74. The minimum Gasteiger partial charge on any atom is -0.446 e. The van der Waals surface area contributed by atoms with Crippen LogP contribution in [0.1, 0.15) is 24.2 Å². The van der Waals surface area contributed by atoms with Crippen LogP contribution in [0.4, 0.5) is 13.2 Å². The quantitative estimate of drug-likeness (QED) is 0.452. The molecule has 1 aromatic carbocycles. The van der Waals surface area contributed by atoms with Gasteiger partial charge in [0, 0.05) is 0 Å². The zero-order valence-corrected chi connectivity index (χ0v) is 9.18. The Hall–Kier alpha value is -1.96. The highest BCUT2D eigenvalue weighted by atomic mass is 19.2. The summed E-state index contributed by atoms with van der Waals surface area (Å²) in [7, 11) is 0. The lowest BCUT2D eigenvalue weighted by Gasteiger charge is -2.08. The van der Waals surface area contributed by atoms with Crippen molar-refractivity contribution >= 4 is 5.97 Å². The average molecular weight is 242 g/mol. The molecule has 0 aliphatic heterocycles. The zero-order valence-electron chi connectivity index (χ0n) is 9.18. The van der Waals surface area contributed by atoms with Crippen LogP contribution < -0.4 is 0 Å². The largest absolute Gasteiger partial charge is 0.446 e. The van der Waals surface area contributed by atoms with Gasteiger partial charge in [-0.2, -0.15) is 0 Å². The molecule has 2 nitrogen and oxygen atoms in total. The number of hydrogen-bond donors (Lipinski definition) is 0. The summed E-state index contributed by atoms with van der Waals surface area (Å²) in [5, 5.41) is 0. The van der Waals surface area contributed by atoms with Crippen LogP contribution in [0.15, 0.2) is 12.1 Å². The third kappa shape index (κ3) is 3.00. The smallest absolute Gasteiger partial charge is 0.342 e. The predicted octanol–water partition coefficient (Wildman–Crippen LogP) is 2.67.